The number of rotatable bonds is 7. The number of hydrogen-bond donors (Lipinski definition) is 1. The van der Waals surface area contributed by atoms with Gasteiger partial charge in [0.1, 0.15) is 11.5 Å². The Morgan fingerprint density at radius 1 is 1.00 bits per heavy atom. The zero-order chi connectivity index (χ0) is 26.7. The summed E-state index contributed by atoms with van der Waals surface area (Å²) in [5.41, 5.74) is 1.06. The summed E-state index contributed by atoms with van der Waals surface area (Å²) in [5.74, 6) is -4.25. The number of methoxy groups -OCH3 is 1. The molecule has 0 aliphatic carbocycles. The first-order valence-corrected chi connectivity index (χ1v) is 12.2. The number of hydrogen-bond acceptors (Lipinski definition) is 5. The van der Waals surface area contributed by atoms with E-state index < -0.39 is 29.4 Å². The molecule has 0 radical (unpaired) electrons. The molecule has 2 heterocycles. The minimum absolute atomic E-state index is 0.0495. The Hall–Kier alpha value is -3.69. The molecule has 3 unspecified atom stereocenters. The van der Waals surface area contributed by atoms with E-state index in [4.69, 9.17) is 9.47 Å². The molecule has 2 fully saturated rings. The lowest BCUT2D eigenvalue weighted by Crippen LogP contribution is -2.46. The first kappa shape index (κ1) is 26.4. The first-order valence-electron chi connectivity index (χ1n) is 12.2. The van der Waals surface area contributed by atoms with Crippen LogP contribution in [0.2, 0.25) is 0 Å². The van der Waals surface area contributed by atoms with E-state index in [-0.39, 0.29) is 36.6 Å². The predicted molar refractivity (Wildman–Crippen MR) is 130 cm³/mol. The van der Waals surface area contributed by atoms with Crippen molar-refractivity contribution in [3.8, 4) is 22.6 Å². The van der Waals surface area contributed by atoms with Gasteiger partial charge in [-0.05, 0) is 36.6 Å². The average molecular weight is 517 g/mol. The minimum Gasteiger partial charge on any atom is -0.496 e. The van der Waals surface area contributed by atoms with Crippen LogP contribution in [-0.2, 0) is 14.4 Å². The molecule has 2 aliphatic heterocycles. The lowest BCUT2D eigenvalue weighted by Gasteiger charge is -2.34. The number of carbonyl (C=O) groups is 3. The molecule has 2 saturated heterocycles. The number of carbonyl (C=O) groups excluding carboxylic acids is 2. The molecule has 1 N–H and O–H groups in total. The van der Waals surface area contributed by atoms with E-state index in [1.807, 2.05) is 0 Å². The molecule has 4 rings (SSSR count). The maximum atomic E-state index is 13.8. The predicted octanol–water partition coefficient (Wildman–Crippen LogP) is 3.44. The molecular formula is C27H30F2N2O6. The summed E-state index contributed by atoms with van der Waals surface area (Å²) in [7, 11) is 1.39. The first-order chi connectivity index (χ1) is 17.7. The van der Waals surface area contributed by atoms with Crippen LogP contribution >= 0.6 is 0 Å². The van der Waals surface area contributed by atoms with Gasteiger partial charge in [-0.1, -0.05) is 12.1 Å². The van der Waals surface area contributed by atoms with Gasteiger partial charge in [0, 0.05) is 50.7 Å². The van der Waals surface area contributed by atoms with Gasteiger partial charge >= 0.3 is 5.97 Å². The van der Waals surface area contributed by atoms with E-state index in [1.54, 1.807) is 29.2 Å². The van der Waals surface area contributed by atoms with Crippen molar-refractivity contribution in [1.29, 1.82) is 0 Å². The maximum Gasteiger partial charge on any atom is 0.309 e. The smallest absolute Gasteiger partial charge is 0.309 e. The Morgan fingerprint density at radius 2 is 1.68 bits per heavy atom. The van der Waals surface area contributed by atoms with Crippen LogP contribution in [0.5, 0.6) is 11.5 Å². The van der Waals surface area contributed by atoms with Crippen molar-refractivity contribution in [3.05, 3.63) is 48.0 Å². The lowest BCUT2D eigenvalue weighted by molar-refractivity contribution is -0.149. The number of benzene rings is 2. The average Bonchev–Trinajstić information content (AvgIpc) is 3.35. The third-order valence-electron chi connectivity index (χ3n) is 7.12. The van der Waals surface area contributed by atoms with Crippen molar-refractivity contribution in [3.63, 3.8) is 0 Å². The quantitative estimate of drug-likeness (QED) is 0.606. The van der Waals surface area contributed by atoms with Crippen LogP contribution in [0.1, 0.15) is 19.8 Å². The van der Waals surface area contributed by atoms with E-state index in [9.17, 15) is 28.3 Å². The number of carboxylic acids is 1. The van der Waals surface area contributed by atoms with Crippen LogP contribution in [0.15, 0.2) is 36.4 Å². The van der Waals surface area contributed by atoms with Crippen molar-refractivity contribution in [2.24, 2.45) is 17.8 Å². The van der Waals surface area contributed by atoms with Crippen molar-refractivity contribution < 1.29 is 37.7 Å². The van der Waals surface area contributed by atoms with E-state index in [0.717, 1.165) is 25.0 Å². The second kappa shape index (κ2) is 11.1. The standard InChI is InChI=1S/C27H30F2N2O6/c1-16(32)31-13-21(22(14-31)27(34)35)26(33)30-9-3-4-17(12-30)15-37-19-7-5-18(6-8-19)20-10-23(28)24(29)11-25(20)36-2/h5-8,10-11,17,21-22H,3-4,9,12-15H2,1-2H3,(H,34,35). The van der Waals surface area contributed by atoms with Crippen LogP contribution < -0.4 is 9.47 Å². The molecule has 3 atom stereocenters. The second-order valence-corrected chi connectivity index (χ2v) is 9.57. The molecule has 10 heteroatoms. The lowest BCUT2D eigenvalue weighted by atomic mass is 9.92. The molecule has 2 aromatic rings. The van der Waals surface area contributed by atoms with Crippen molar-refractivity contribution >= 4 is 17.8 Å². The van der Waals surface area contributed by atoms with Crippen LogP contribution in [0.3, 0.4) is 0 Å². The Morgan fingerprint density at radius 3 is 2.32 bits per heavy atom. The Labute approximate surface area is 213 Å². The highest BCUT2D eigenvalue weighted by Crippen LogP contribution is 2.33. The van der Waals surface area contributed by atoms with Gasteiger partial charge in [0.2, 0.25) is 11.8 Å². The van der Waals surface area contributed by atoms with Crippen molar-refractivity contribution in [2.45, 2.75) is 19.8 Å². The third kappa shape index (κ3) is 5.84. The van der Waals surface area contributed by atoms with Gasteiger partial charge in [0.25, 0.3) is 0 Å². The Kier molecular flexibility index (Phi) is 7.94. The number of likely N-dealkylation sites (tertiary alicyclic amines) is 2. The van der Waals surface area contributed by atoms with E-state index in [0.29, 0.717) is 36.6 Å². The molecular weight excluding hydrogens is 486 g/mol. The topological polar surface area (TPSA) is 96.4 Å². The Bertz CT molecular complexity index is 1170. The van der Waals surface area contributed by atoms with Gasteiger partial charge in [-0.25, -0.2) is 8.78 Å². The summed E-state index contributed by atoms with van der Waals surface area (Å²) < 4.78 is 38.4. The summed E-state index contributed by atoms with van der Waals surface area (Å²) in [5, 5.41) is 9.57. The van der Waals surface area contributed by atoms with E-state index in [1.165, 1.54) is 18.9 Å². The molecule has 8 nitrogen and oxygen atoms in total. The molecule has 37 heavy (non-hydrogen) atoms. The summed E-state index contributed by atoms with van der Waals surface area (Å²) in [6.07, 6.45) is 1.63. The summed E-state index contributed by atoms with van der Waals surface area (Å²) in [4.78, 5) is 39.8. The highest BCUT2D eigenvalue weighted by atomic mass is 19.2. The van der Waals surface area contributed by atoms with Crippen LogP contribution in [0, 0.1) is 29.4 Å². The fourth-order valence-electron chi connectivity index (χ4n) is 5.07. The normalized spacial score (nSPS) is 21.6. The number of nitrogens with zero attached hydrogens (tertiary/aromatic N) is 2. The van der Waals surface area contributed by atoms with E-state index >= 15 is 0 Å². The molecule has 0 spiro atoms. The van der Waals surface area contributed by atoms with Crippen LogP contribution in [0.4, 0.5) is 8.78 Å². The molecule has 2 aliphatic rings. The fraction of sp³-hybridized carbons (Fsp3) is 0.444. The highest BCUT2D eigenvalue weighted by molar-refractivity contribution is 5.87. The van der Waals surface area contributed by atoms with Crippen molar-refractivity contribution in [1.82, 2.24) is 9.80 Å². The third-order valence-corrected chi connectivity index (χ3v) is 7.12. The zero-order valence-electron chi connectivity index (χ0n) is 20.8. The van der Waals surface area contributed by atoms with Gasteiger partial charge in [-0.3, -0.25) is 14.4 Å². The van der Waals surface area contributed by atoms with Gasteiger partial charge in [-0.2, -0.15) is 0 Å². The number of aliphatic carboxylic acids is 1. The monoisotopic (exact) mass is 516 g/mol. The van der Waals surface area contributed by atoms with Gasteiger partial charge in [0.05, 0.1) is 25.6 Å². The highest BCUT2D eigenvalue weighted by Gasteiger charge is 2.45. The van der Waals surface area contributed by atoms with Gasteiger partial charge in [0.15, 0.2) is 11.6 Å². The molecule has 0 aromatic heterocycles. The van der Waals surface area contributed by atoms with Crippen molar-refractivity contribution in [2.75, 3.05) is 39.9 Å². The summed E-state index contributed by atoms with van der Waals surface area (Å²) in [6, 6.07) is 9.02. The maximum absolute atomic E-state index is 13.8. The van der Waals surface area contributed by atoms with Crippen LogP contribution in [0.25, 0.3) is 11.1 Å². The summed E-state index contributed by atoms with van der Waals surface area (Å²) >= 11 is 0. The van der Waals surface area contributed by atoms with Gasteiger partial charge in [-0.15, -0.1) is 0 Å². The van der Waals surface area contributed by atoms with Gasteiger partial charge < -0.3 is 24.4 Å². The SMILES string of the molecule is COc1cc(F)c(F)cc1-c1ccc(OCC2CCCN(C(=O)C3CN(C(C)=O)CC3C(=O)O)C2)cc1. The largest absolute Gasteiger partial charge is 0.496 e. The fourth-order valence-corrected chi connectivity index (χ4v) is 5.07. The van der Waals surface area contributed by atoms with E-state index in [2.05, 4.69) is 0 Å². The molecule has 2 aromatic carbocycles. The minimum atomic E-state index is -1.07. The number of carboxylic acid groups (broad SMARTS) is 1. The molecule has 2 amide bonds. The molecule has 0 saturated carbocycles. The number of halogens is 2. The molecule has 0 bridgehead atoms. The number of piperidine rings is 1. The number of ether oxygens (including phenoxy) is 2. The van der Waals surface area contributed by atoms with Crippen LogP contribution in [-0.4, -0.2) is 72.6 Å². The Balaban J connectivity index is 1.36. The zero-order valence-corrected chi connectivity index (χ0v) is 20.8. The molecule has 198 valence electrons. The number of amides is 2. The second-order valence-electron chi connectivity index (χ2n) is 9.57. The summed E-state index contributed by atoms with van der Waals surface area (Å²) in [6.45, 7) is 2.91.